The molecule has 0 spiro atoms. The summed E-state index contributed by atoms with van der Waals surface area (Å²) in [6, 6.07) is 14.1. The lowest BCUT2D eigenvalue weighted by Crippen LogP contribution is -2.11. The lowest BCUT2D eigenvalue weighted by atomic mass is 10.1. The van der Waals surface area contributed by atoms with E-state index < -0.39 is 24.8 Å². The average molecular weight is 553 g/mol. The molecular weight excluding hydrogens is 537 g/mol. The molecule has 4 rings (SSSR count). The Kier molecular flexibility index (Phi) is 6.74. The summed E-state index contributed by atoms with van der Waals surface area (Å²) in [4.78, 5) is 33.6. The van der Waals surface area contributed by atoms with E-state index in [0.717, 1.165) is 16.7 Å². The van der Waals surface area contributed by atoms with Crippen LogP contribution in [-0.2, 0) is 12.3 Å². The first-order chi connectivity index (χ1) is 15.7. The number of alkyl halides is 2. The number of carbonyl (C=O) groups excluding carboxylic acids is 1. The number of ether oxygens (including phenoxy) is 1. The zero-order valence-corrected chi connectivity index (χ0v) is 20.0. The van der Waals surface area contributed by atoms with Crippen LogP contribution in [0.3, 0.4) is 0 Å². The van der Waals surface area contributed by atoms with Gasteiger partial charge in [-0.05, 0) is 56.9 Å². The predicted octanol–water partition coefficient (Wildman–Crippen LogP) is 5.75. The molecule has 0 bridgehead atoms. The number of benzene rings is 2. The number of thiophene rings is 1. The number of amides is 1. The van der Waals surface area contributed by atoms with Gasteiger partial charge in [0, 0.05) is 27.8 Å². The fraction of sp³-hybridized carbons (Fsp3) is 0.0909. The van der Waals surface area contributed by atoms with Crippen LogP contribution in [0.2, 0.25) is 0 Å². The normalized spacial score (nSPS) is 11.8. The molecule has 2 aromatic carbocycles. The van der Waals surface area contributed by atoms with Crippen molar-refractivity contribution in [2.75, 3.05) is 0 Å². The van der Waals surface area contributed by atoms with Gasteiger partial charge in [-0.1, -0.05) is 24.3 Å². The molecule has 0 aliphatic rings. The summed E-state index contributed by atoms with van der Waals surface area (Å²) in [5.74, 6) is -0.561. The number of hydrogen-bond donors (Lipinski definition) is 3. The summed E-state index contributed by atoms with van der Waals surface area (Å²) >= 11 is 3.76. The molecule has 11 heteroatoms. The zero-order valence-electron chi connectivity index (χ0n) is 16.7. The molecular formula is C22H16BrF2N2O4PS. The summed E-state index contributed by atoms with van der Waals surface area (Å²) in [5, 5.41) is 0.269. The maximum Gasteiger partial charge on any atom is 0.349 e. The second-order valence-corrected chi connectivity index (χ2v) is 9.97. The van der Waals surface area contributed by atoms with Gasteiger partial charge in [0.05, 0.1) is 9.58 Å². The first-order valence-corrected chi connectivity index (χ1v) is 12.3. The molecule has 0 radical (unpaired) electrons. The second-order valence-electron chi connectivity index (χ2n) is 7.01. The molecule has 1 amide bonds. The van der Waals surface area contributed by atoms with Crippen molar-refractivity contribution in [1.29, 1.82) is 0 Å². The second kappa shape index (κ2) is 9.40. The van der Waals surface area contributed by atoms with Crippen molar-refractivity contribution in [3.63, 3.8) is 0 Å². The number of hydrogen-bond acceptors (Lipinski definition) is 6. The number of halogens is 3. The number of pyridine rings is 1. The van der Waals surface area contributed by atoms with Crippen molar-refractivity contribution in [1.82, 2.24) is 4.98 Å². The largest absolute Gasteiger partial charge is 0.487 e. The maximum absolute atomic E-state index is 14.4. The summed E-state index contributed by atoms with van der Waals surface area (Å²) in [6.45, 7) is 0.113. The van der Waals surface area contributed by atoms with Crippen molar-refractivity contribution < 1.29 is 28.1 Å². The Morgan fingerprint density at radius 2 is 1.76 bits per heavy atom. The Labute approximate surface area is 200 Å². The highest BCUT2D eigenvalue weighted by atomic mass is 79.9. The van der Waals surface area contributed by atoms with Gasteiger partial charge in [0.1, 0.15) is 12.4 Å². The molecule has 6 nitrogen and oxygen atoms in total. The van der Waals surface area contributed by atoms with Gasteiger partial charge in [-0.15, -0.1) is 11.3 Å². The number of rotatable bonds is 7. The fourth-order valence-corrected chi connectivity index (χ4v) is 5.95. The summed E-state index contributed by atoms with van der Waals surface area (Å²) in [7, 11) is -3.56. The van der Waals surface area contributed by atoms with Crippen LogP contribution in [0.4, 0.5) is 8.78 Å². The molecule has 0 aliphatic carbocycles. The highest BCUT2D eigenvalue weighted by Crippen LogP contribution is 2.58. The lowest BCUT2D eigenvalue weighted by Gasteiger charge is -2.15. The van der Waals surface area contributed by atoms with Crippen molar-refractivity contribution >= 4 is 51.6 Å². The van der Waals surface area contributed by atoms with E-state index in [4.69, 9.17) is 10.5 Å². The highest BCUT2D eigenvalue weighted by Gasteiger charge is 2.45. The van der Waals surface area contributed by atoms with E-state index in [1.165, 1.54) is 12.1 Å². The number of carbonyl (C=O) groups is 1. The zero-order chi connectivity index (χ0) is 23.8. The van der Waals surface area contributed by atoms with Crippen molar-refractivity contribution in [3.05, 3.63) is 81.4 Å². The summed E-state index contributed by atoms with van der Waals surface area (Å²) in [6.07, 6.45) is 3.41. The Morgan fingerprint density at radius 1 is 1.12 bits per heavy atom. The minimum Gasteiger partial charge on any atom is -0.487 e. The van der Waals surface area contributed by atoms with E-state index in [2.05, 4.69) is 20.9 Å². The molecule has 0 aliphatic heterocycles. The topological polar surface area (TPSA) is 106 Å². The van der Waals surface area contributed by atoms with E-state index in [-0.39, 0.29) is 27.8 Å². The molecule has 0 saturated carbocycles. The first kappa shape index (κ1) is 23.7. The van der Waals surface area contributed by atoms with Gasteiger partial charge in [-0.3, -0.25) is 9.78 Å². The molecule has 0 unspecified atom stereocenters. The van der Waals surface area contributed by atoms with Gasteiger partial charge < -0.3 is 20.3 Å². The predicted molar refractivity (Wildman–Crippen MR) is 127 cm³/mol. The summed E-state index contributed by atoms with van der Waals surface area (Å²) in [5.41, 5.74) is 4.46. The third kappa shape index (κ3) is 4.76. The van der Waals surface area contributed by atoms with E-state index in [0.29, 0.717) is 16.0 Å². The van der Waals surface area contributed by atoms with Crippen LogP contribution in [0.1, 0.15) is 20.8 Å². The van der Waals surface area contributed by atoms with Crippen LogP contribution in [0.15, 0.2) is 65.4 Å². The molecule has 4 N–H and O–H groups in total. The SMILES string of the molecule is NC(=O)c1cc(OCc2ccc(-c3ccncc3)cc2)c2sc(C(F)(F)P(O)O)c(Br)c2c1. The third-order valence-electron chi connectivity index (χ3n) is 4.87. The van der Waals surface area contributed by atoms with Crippen molar-refractivity contribution in [2.24, 2.45) is 5.73 Å². The van der Waals surface area contributed by atoms with Crippen LogP contribution >= 0.6 is 35.6 Å². The standard InChI is InChI=1S/C22H16BrF2N2O4PS/c23-18-16-9-15(21(26)28)10-17(19(16)33-20(18)22(24,25)32(29)30)31-11-12-1-3-13(4-2-12)14-5-7-27-8-6-14/h1-10,29-30H,11H2,(H2,26,28). The molecule has 2 aromatic heterocycles. The van der Waals surface area contributed by atoms with Gasteiger partial charge in [0.15, 0.2) is 0 Å². The first-order valence-electron chi connectivity index (χ1n) is 9.42. The maximum atomic E-state index is 14.4. The Bertz CT molecular complexity index is 1320. The third-order valence-corrected chi connectivity index (χ3v) is 8.12. The van der Waals surface area contributed by atoms with E-state index in [9.17, 15) is 23.4 Å². The van der Waals surface area contributed by atoms with Crippen molar-refractivity contribution in [3.8, 4) is 16.9 Å². The van der Waals surface area contributed by atoms with E-state index >= 15 is 0 Å². The average Bonchev–Trinajstić information content (AvgIpc) is 3.15. The Balaban J connectivity index is 1.67. The smallest absolute Gasteiger partial charge is 0.349 e. The molecule has 33 heavy (non-hydrogen) atoms. The number of aromatic nitrogens is 1. The van der Waals surface area contributed by atoms with Crippen LogP contribution in [0, 0.1) is 0 Å². The van der Waals surface area contributed by atoms with E-state index in [1.807, 2.05) is 36.4 Å². The number of primary amides is 1. The summed E-state index contributed by atoms with van der Waals surface area (Å²) < 4.78 is 34.9. The highest BCUT2D eigenvalue weighted by molar-refractivity contribution is 9.10. The van der Waals surface area contributed by atoms with Crippen LogP contribution in [0.5, 0.6) is 5.75 Å². The quantitative estimate of drug-likeness (QED) is 0.253. The Morgan fingerprint density at radius 3 is 2.36 bits per heavy atom. The Hall–Kier alpha value is -2.49. The van der Waals surface area contributed by atoms with E-state index in [1.54, 1.807) is 12.4 Å². The monoisotopic (exact) mass is 552 g/mol. The fourth-order valence-electron chi connectivity index (χ4n) is 3.17. The molecule has 4 aromatic rings. The van der Waals surface area contributed by atoms with Gasteiger partial charge in [0.25, 0.3) is 0 Å². The number of nitrogens with zero attached hydrogens (tertiary/aromatic N) is 1. The number of fused-ring (bicyclic) bond motifs is 1. The number of nitrogens with two attached hydrogens (primary N) is 1. The molecule has 0 saturated heterocycles. The van der Waals surface area contributed by atoms with Gasteiger partial charge >= 0.3 is 5.66 Å². The van der Waals surface area contributed by atoms with Crippen LogP contribution in [-0.4, -0.2) is 20.7 Å². The lowest BCUT2D eigenvalue weighted by molar-refractivity contribution is 0.0766. The minimum atomic E-state index is -3.86. The van der Waals surface area contributed by atoms with Crippen molar-refractivity contribution in [2.45, 2.75) is 12.3 Å². The van der Waals surface area contributed by atoms with Gasteiger partial charge in [0.2, 0.25) is 14.3 Å². The van der Waals surface area contributed by atoms with Gasteiger partial charge in [-0.25, -0.2) is 0 Å². The van der Waals surface area contributed by atoms with Crippen LogP contribution < -0.4 is 10.5 Å². The van der Waals surface area contributed by atoms with Gasteiger partial charge in [-0.2, -0.15) is 8.78 Å². The van der Waals surface area contributed by atoms with Crippen LogP contribution in [0.25, 0.3) is 21.2 Å². The molecule has 0 atom stereocenters. The molecule has 0 fully saturated rings. The molecule has 170 valence electrons. The minimum absolute atomic E-state index is 0.0437. The molecule has 2 heterocycles.